The predicted molar refractivity (Wildman–Crippen MR) is 82.3 cm³/mol. The van der Waals surface area contributed by atoms with Crippen LogP contribution >= 0.6 is 11.3 Å². The van der Waals surface area contributed by atoms with E-state index < -0.39 is 0 Å². The van der Waals surface area contributed by atoms with Gasteiger partial charge in [-0.2, -0.15) is 0 Å². The molecule has 0 fully saturated rings. The number of allylic oxidation sites excluding steroid dienone is 3. The third kappa shape index (κ3) is 3.66. The summed E-state index contributed by atoms with van der Waals surface area (Å²) in [5.74, 6) is -0.123. The standard InChI is InChI=1S/C16H15NOS/c1-2-3-4-11-16(18)17-14-9-6-5-8-13(14)15-10-7-12-19-15/h2-12H,1H3,(H,17,18)/b3-2+,11-4+. The molecular formula is C16H15NOS. The van der Waals surface area contributed by atoms with Crippen LogP contribution in [0.1, 0.15) is 6.92 Å². The van der Waals surface area contributed by atoms with Gasteiger partial charge in [0.05, 0.1) is 0 Å². The molecule has 0 bridgehead atoms. The minimum atomic E-state index is -0.123. The van der Waals surface area contributed by atoms with Crippen LogP contribution in [0.4, 0.5) is 5.69 Å². The highest BCUT2D eigenvalue weighted by atomic mass is 32.1. The molecule has 0 radical (unpaired) electrons. The summed E-state index contributed by atoms with van der Waals surface area (Å²) < 4.78 is 0. The Kier molecular flexibility index (Phi) is 4.70. The summed E-state index contributed by atoms with van der Waals surface area (Å²) in [5.41, 5.74) is 1.88. The second-order valence-electron chi connectivity index (χ2n) is 3.90. The lowest BCUT2D eigenvalue weighted by Crippen LogP contribution is -2.08. The van der Waals surface area contributed by atoms with E-state index in [1.165, 1.54) is 6.08 Å². The molecule has 0 saturated carbocycles. The van der Waals surface area contributed by atoms with Gasteiger partial charge in [-0.15, -0.1) is 11.3 Å². The Morgan fingerprint density at radius 3 is 2.74 bits per heavy atom. The number of amides is 1. The van der Waals surface area contributed by atoms with E-state index in [0.29, 0.717) is 0 Å². The van der Waals surface area contributed by atoms with Crippen molar-refractivity contribution in [1.82, 2.24) is 0 Å². The summed E-state index contributed by atoms with van der Waals surface area (Å²) >= 11 is 1.66. The van der Waals surface area contributed by atoms with Crippen molar-refractivity contribution in [2.75, 3.05) is 5.32 Å². The summed E-state index contributed by atoms with van der Waals surface area (Å²) in [4.78, 5) is 12.9. The summed E-state index contributed by atoms with van der Waals surface area (Å²) in [5, 5.41) is 4.93. The Morgan fingerprint density at radius 2 is 2.00 bits per heavy atom. The van der Waals surface area contributed by atoms with Crippen LogP contribution in [0.5, 0.6) is 0 Å². The normalized spacial score (nSPS) is 11.2. The Balaban J connectivity index is 2.19. The van der Waals surface area contributed by atoms with Gasteiger partial charge >= 0.3 is 0 Å². The SMILES string of the molecule is C/C=C/C=C/C(=O)Nc1ccccc1-c1cccs1. The number of carbonyl (C=O) groups is 1. The lowest BCUT2D eigenvalue weighted by Gasteiger charge is -2.07. The molecule has 0 unspecified atom stereocenters. The number of hydrogen-bond acceptors (Lipinski definition) is 2. The van der Waals surface area contributed by atoms with E-state index in [9.17, 15) is 4.79 Å². The highest BCUT2D eigenvalue weighted by molar-refractivity contribution is 7.13. The van der Waals surface area contributed by atoms with Crippen LogP contribution in [0.25, 0.3) is 10.4 Å². The maximum absolute atomic E-state index is 11.8. The molecule has 1 aromatic carbocycles. The van der Waals surface area contributed by atoms with Crippen LogP contribution in [-0.2, 0) is 4.79 Å². The van der Waals surface area contributed by atoms with Crippen molar-refractivity contribution in [2.45, 2.75) is 6.92 Å². The maximum atomic E-state index is 11.8. The first-order valence-corrected chi connectivity index (χ1v) is 6.92. The topological polar surface area (TPSA) is 29.1 Å². The third-order valence-corrected chi connectivity index (χ3v) is 3.43. The Hall–Kier alpha value is -2.13. The zero-order valence-corrected chi connectivity index (χ0v) is 11.5. The van der Waals surface area contributed by atoms with Gasteiger partial charge in [0.2, 0.25) is 5.91 Å². The van der Waals surface area contributed by atoms with Crippen molar-refractivity contribution < 1.29 is 4.79 Å². The van der Waals surface area contributed by atoms with Gasteiger partial charge in [0, 0.05) is 22.2 Å². The zero-order chi connectivity index (χ0) is 13.5. The molecule has 0 aliphatic heterocycles. The number of nitrogens with one attached hydrogen (secondary N) is 1. The molecule has 1 aromatic heterocycles. The molecule has 1 heterocycles. The Morgan fingerprint density at radius 1 is 1.16 bits per heavy atom. The summed E-state index contributed by atoms with van der Waals surface area (Å²) in [6.45, 7) is 1.91. The average molecular weight is 269 g/mol. The zero-order valence-electron chi connectivity index (χ0n) is 10.7. The molecule has 0 spiro atoms. The van der Waals surface area contributed by atoms with Gasteiger partial charge in [-0.25, -0.2) is 0 Å². The minimum absolute atomic E-state index is 0.123. The van der Waals surface area contributed by atoms with Gasteiger partial charge in [0.25, 0.3) is 0 Å². The first kappa shape index (κ1) is 13.3. The van der Waals surface area contributed by atoms with E-state index in [4.69, 9.17) is 0 Å². The van der Waals surface area contributed by atoms with Crippen molar-refractivity contribution >= 4 is 22.9 Å². The van der Waals surface area contributed by atoms with Crippen LogP contribution in [0.2, 0.25) is 0 Å². The fraction of sp³-hybridized carbons (Fsp3) is 0.0625. The van der Waals surface area contributed by atoms with Crippen LogP contribution in [0.3, 0.4) is 0 Å². The predicted octanol–water partition coefficient (Wildman–Crippen LogP) is 4.49. The van der Waals surface area contributed by atoms with E-state index in [-0.39, 0.29) is 5.91 Å². The number of anilines is 1. The summed E-state index contributed by atoms with van der Waals surface area (Å²) in [6.07, 6.45) is 6.95. The lowest BCUT2D eigenvalue weighted by molar-refractivity contribution is -0.111. The van der Waals surface area contributed by atoms with E-state index in [0.717, 1.165) is 16.1 Å². The van der Waals surface area contributed by atoms with E-state index in [1.54, 1.807) is 17.4 Å². The number of thiophene rings is 1. The highest BCUT2D eigenvalue weighted by Gasteiger charge is 2.06. The number of rotatable bonds is 4. The van der Waals surface area contributed by atoms with Gasteiger partial charge in [0.1, 0.15) is 0 Å². The van der Waals surface area contributed by atoms with Crippen LogP contribution in [0, 0.1) is 0 Å². The van der Waals surface area contributed by atoms with Crippen LogP contribution in [-0.4, -0.2) is 5.91 Å². The van der Waals surface area contributed by atoms with E-state index in [1.807, 2.05) is 60.9 Å². The van der Waals surface area contributed by atoms with Crippen molar-refractivity contribution in [1.29, 1.82) is 0 Å². The molecule has 0 atom stereocenters. The minimum Gasteiger partial charge on any atom is -0.322 e. The molecule has 3 heteroatoms. The number of hydrogen-bond donors (Lipinski definition) is 1. The van der Waals surface area contributed by atoms with E-state index in [2.05, 4.69) is 5.32 Å². The van der Waals surface area contributed by atoms with Crippen LogP contribution < -0.4 is 5.32 Å². The molecule has 2 rings (SSSR count). The second kappa shape index (κ2) is 6.71. The van der Waals surface area contributed by atoms with Gasteiger partial charge in [0.15, 0.2) is 0 Å². The lowest BCUT2D eigenvalue weighted by atomic mass is 10.1. The first-order chi connectivity index (χ1) is 9.31. The smallest absolute Gasteiger partial charge is 0.248 e. The van der Waals surface area contributed by atoms with Gasteiger partial charge in [-0.1, -0.05) is 42.5 Å². The van der Waals surface area contributed by atoms with Gasteiger partial charge in [-0.05, 0) is 24.4 Å². The molecule has 19 heavy (non-hydrogen) atoms. The van der Waals surface area contributed by atoms with E-state index >= 15 is 0 Å². The Bertz CT molecular complexity index is 597. The molecule has 2 nitrogen and oxygen atoms in total. The Labute approximate surface area is 117 Å². The monoisotopic (exact) mass is 269 g/mol. The molecule has 0 aliphatic rings. The van der Waals surface area contributed by atoms with Gasteiger partial charge < -0.3 is 5.32 Å². The second-order valence-corrected chi connectivity index (χ2v) is 4.84. The van der Waals surface area contributed by atoms with Crippen molar-refractivity contribution in [2.24, 2.45) is 0 Å². The fourth-order valence-electron chi connectivity index (χ4n) is 1.67. The average Bonchev–Trinajstić information content (AvgIpc) is 2.93. The molecule has 0 aliphatic carbocycles. The fourth-order valence-corrected chi connectivity index (χ4v) is 2.43. The molecule has 1 N–H and O–H groups in total. The molecule has 0 saturated heterocycles. The summed E-state index contributed by atoms with van der Waals surface area (Å²) in [7, 11) is 0. The summed E-state index contributed by atoms with van der Waals surface area (Å²) in [6, 6.07) is 11.9. The van der Waals surface area contributed by atoms with Crippen molar-refractivity contribution in [3.63, 3.8) is 0 Å². The number of para-hydroxylation sites is 1. The first-order valence-electron chi connectivity index (χ1n) is 6.04. The maximum Gasteiger partial charge on any atom is 0.248 e. The number of benzene rings is 1. The molecular weight excluding hydrogens is 254 g/mol. The number of carbonyl (C=O) groups excluding carboxylic acids is 1. The van der Waals surface area contributed by atoms with Crippen LogP contribution in [0.15, 0.2) is 66.1 Å². The van der Waals surface area contributed by atoms with Crippen molar-refractivity contribution in [3.05, 3.63) is 66.1 Å². The highest BCUT2D eigenvalue weighted by Crippen LogP contribution is 2.31. The quantitative estimate of drug-likeness (QED) is 0.643. The molecule has 2 aromatic rings. The van der Waals surface area contributed by atoms with Crippen molar-refractivity contribution in [3.8, 4) is 10.4 Å². The third-order valence-electron chi connectivity index (χ3n) is 2.52. The van der Waals surface area contributed by atoms with Gasteiger partial charge in [-0.3, -0.25) is 4.79 Å². The largest absolute Gasteiger partial charge is 0.322 e. The molecule has 1 amide bonds. The molecule has 96 valence electrons.